The number of aryl methyl sites for hydroxylation is 1. The van der Waals surface area contributed by atoms with Crippen molar-refractivity contribution in [3.8, 4) is 0 Å². The van der Waals surface area contributed by atoms with Crippen LogP contribution in [0.15, 0.2) is 30.3 Å². The maximum absolute atomic E-state index is 10.1. The summed E-state index contributed by atoms with van der Waals surface area (Å²) in [6, 6.07) is 10.3. The summed E-state index contributed by atoms with van der Waals surface area (Å²) in [5.74, 6) is 0. The van der Waals surface area contributed by atoms with Gasteiger partial charge in [-0.1, -0.05) is 35.9 Å². The summed E-state index contributed by atoms with van der Waals surface area (Å²) < 4.78 is 18.0. The van der Waals surface area contributed by atoms with Crippen molar-refractivity contribution in [1.82, 2.24) is 0 Å². The Morgan fingerprint density at radius 2 is 1.57 bits per heavy atom. The highest BCUT2D eigenvalue weighted by atomic mass is 31.2. The summed E-state index contributed by atoms with van der Waals surface area (Å²) >= 11 is 0. The van der Waals surface area contributed by atoms with Crippen LogP contribution in [0.5, 0.6) is 0 Å². The van der Waals surface area contributed by atoms with Gasteiger partial charge in [0.2, 0.25) is 0 Å². The van der Waals surface area contributed by atoms with E-state index in [0.29, 0.717) is 0 Å². The van der Waals surface area contributed by atoms with Gasteiger partial charge < -0.3 is 4.89 Å². The lowest BCUT2D eigenvalue weighted by molar-refractivity contribution is 0.204. The Morgan fingerprint density at radius 3 is 1.71 bits per heavy atom. The molecule has 1 N–H and O–H groups in total. The molecule has 1 rings (SSSR count). The second-order valence-electron chi connectivity index (χ2n) is 2.49. The molecule has 0 aliphatic heterocycles. The standard InChI is InChI=1S/C7H8.C2H7O4P/c1-7-5-3-2-4-6-7;1-5-7(3,4)6-2/h2-6H,1H3;1-2H3,(H,3,4). The molecule has 0 aromatic heterocycles. The molecule has 4 nitrogen and oxygen atoms in total. The van der Waals surface area contributed by atoms with E-state index in [9.17, 15) is 4.57 Å². The van der Waals surface area contributed by atoms with Crippen molar-refractivity contribution >= 4 is 7.82 Å². The van der Waals surface area contributed by atoms with Gasteiger partial charge in [0.05, 0.1) is 0 Å². The fraction of sp³-hybridized carbons (Fsp3) is 0.333. The number of benzene rings is 1. The molecular formula is C9H15O4P. The molecule has 0 heterocycles. The molecule has 1 aromatic carbocycles. The smallest absolute Gasteiger partial charge is 0.303 e. The first kappa shape index (κ1) is 13.3. The molecule has 0 saturated carbocycles. The van der Waals surface area contributed by atoms with E-state index in [-0.39, 0.29) is 0 Å². The van der Waals surface area contributed by atoms with Crippen LogP contribution >= 0.6 is 7.82 Å². The van der Waals surface area contributed by atoms with E-state index in [1.54, 1.807) is 0 Å². The number of hydrogen-bond acceptors (Lipinski definition) is 3. The van der Waals surface area contributed by atoms with Gasteiger partial charge >= 0.3 is 7.82 Å². The molecule has 5 heteroatoms. The van der Waals surface area contributed by atoms with Gasteiger partial charge in [-0.2, -0.15) is 0 Å². The van der Waals surface area contributed by atoms with Crippen molar-refractivity contribution < 1.29 is 18.5 Å². The third-order valence-corrected chi connectivity index (χ3v) is 2.32. The minimum atomic E-state index is -3.65. The minimum absolute atomic E-state index is 1.10. The molecule has 0 radical (unpaired) electrons. The van der Waals surface area contributed by atoms with Crippen molar-refractivity contribution in [2.24, 2.45) is 0 Å². The third-order valence-electron chi connectivity index (χ3n) is 1.40. The van der Waals surface area contributed by atoms with E-state index in [1.165, 1.54) is 5.56 Å². The van der Waals surface area contributed by atoms with E-state index in [4.69, 9.17) is 4.89 Å². The Balaban J connectivity index is 0.000000241. The van der Waals surface area contributed by atoms with Gasteiger partial charge in [0, 0.05) is 14.2 Å². The van der Waals surface area contributed by atoms with Gasteiger partial charge in [0.15, 0.2) is 0 Å². The normalized spacial score (nSPS) is 10.3. The lowest BCUT2D eigenvalue weighted by atomic mass is 10.2. The lowest BCUT2D eigenvalue weighted by Crippen LogP contribution is -1.83. The first-order valence-corrected chi connectivity index (χ1v) is 5.47. The van der Waals surface area contributed by atoms with Crippen LogP contribution in [-0.4, -0.2) is 19.1 Å². The predicted molar refractivity (Wildman–Crippen MR) is 55.0 cm³/mol. The van der Waals surface area contributed by atoms with Gasteiger partial charge in [-0.05, 0) is 6.92 Å². The van der Waals surface area contributed by atoms with Crippen LogP contribution in [0, 0.1) is 6.92 Å². The average molecular weight is 218 g/mol. The van der Waals surface area contributed by atoms with Crippen LogP contribution in [-0.2, 0) is 13.6 Å². The highest BCUT2D eigenvalue weighted by Gasteiger charge is 2.13. The number of hydrogen-bond donors (Lipinski definition) is 1. The minimum Gasteiger partial charge on any atom is -0.303 e. The molecule has 1 aromatic rings. The molecule has 80 valence electrons. The Morgan fingerprint density at radius 1 is 1.14 bits per heavy atom. The van der Waals surface area contributed by atoms with Gasteiger partial charge in [0.1, 0.15) is 0 Å². The summed E-state index contributed by atoms with van der Waals surface area (Å²) in [7, 11) is -1.45. The van der Waals surface area contributed by atoms with Crippen LogP contribution in [0.2, 0.25) is 0 Å². The molecule has 0 spiro atoms. The van der Waals surface area contributed by atoms with Crippen LogP contribution in [0.25, 0.3) is 0 Å². The summed E-state index contributed by atoms with van der Waals surface area (Å²) in [5, 5.41) is 0. The fourth-order valence-corrected chi connectivity index (χ4v) is 0.758. The van der Waals surface area contributed by atoms with Crippen LogP contribution in [0.4, 0.5) is 0 Å². The van der Waals surface area contributed by atoms with Crippen LogP contribution in [0.1, 0.15) is 5.56 Å². The second kappa shape index (κ2) is 6.74. The molecule has 0 saturated heterocycles. The third kappa shape index (κ3) is 6.80. The summed E-state index contributed by atoms with van der Waals surface area (Å²) in [6.45, 7) is 2.08. The topological polar surface area (TPSA) is 55.8 Å². The first-order chi connectivity index (χ1) is 6.52. The molecule has 0 bridgehead atoms. The van der Waals surface area contributed by atoms with Crippen molar-refractivity contribution in [3.05, 3.63) is 35.9 Å². The predicted octanol–water partition coefficient (Wildman–Crippen LogP) is 2.37. The van der Waals surface area contributed by atoms with E-state index in [1.807, 2.05) is 18.2 Å². The van der Waals surface area contributed by atoms with E-state index in [2.05, 4.69) is 28.1 Å². The Kier molecular flexibility index (Phi) is 6.41. The van der Waals surface area contributed by atoms with Gasteiger partial charge in [-0.15, -0.1) is 0 Å². The Hall–Kier alpha value is -0.670. The quantitative estimate of drug-likeness (QED) is 0.774. The Bertz CT molecular complexity index is 278. The molecular weight excluding hydrogens is 203 g/mol. The molecule has 0 unspecified atom stereocenters. The van der Waals surface area contributed by atoms with Crippen molar-refractivity contribution in [2.75, 3.05) is 14.2 Å². The summed E-state index contributed by atoms with van der Waals surface area (Å²) in [4.78, 5) is 8.24. The molecule has 0 aliphatic rings. The molecule has 0 atom stereocenters. The molecule has 14 heavy (non-hydrogen) atoms. The zero-order chi connectivity index (χ0) is 11.0. The van der Waals surface area contributed by atoms with Crippen molar-refractivity contribution in [2.45, 2.75) is 6.92 Å². The van der Waals surface area contributed by atoms with Gasteiger partial charge in [-0.3, -0.25) is 9.05 Å². The Labute approximate surface area is 84.1 Å². The zero-order valence-corrected chi connectivity index (χ0v) is 9.40. The summed E-state index contributed by atoms with van der Waals surface area (Å²) in [6.07, 6.45) is 0. The molecule has 0 amide bonds. The van der Waals surface area contributed by atoms with Crippen LogP contribution < -0.4 is 0 Å². The number of rotatable bonds is 2. The fourth-order valence-electron chi connectivity index (χ4n) is 0.609. The first-order valence-electron chi connectivity index (χ1n) is 3.97. The van der Waals surface area contributed by atoms with E-state index in [0.717, 1.165) is 14.2 Å². The number of phosphoric ester groups is 1. The highest BCUT2D eigenvalue weighted by Crippen LogP contribution is 2.40. The maximum atomic E-state index is 10.1. The SMILES string of the molecule is COP(=O)(O)OC.Cc1ccccc1. The monoisotopic (exact) mass is 218 g/mol. The van der Waals surface area contributed by atoms with E-state index < -0.39 is 7.82 Å². The van der Waals surface area contributed by atoms with Crippen LogP contribution in [0.3, 0.4) is 0 Å². The highest BCUT2D eigenvalue weighted by molar-refractivity contribution is 7.47. The lowest BCUT2D eigenvalue weighted by Gasteiger charge is -2.01. The average Bonchev–Trinajstić information content (AvgIpc) is 2.20. The van der Waals surface area contributed by atoms with Crippen molar-refractivity contribution in [1.29, 1.82) is 0 Å². The van der Waals surface area contributed by atoms with Gasteiger partial charge in [0.25, 0.3) is 0 Å². The number of phosphoric acid groups is 1. The van der Waals surface area contributed by atoms with Gasteiger partial charge in [-0.25, -0.2) is 4.57 Å². The zero-order valence-electron chi connectivity index (χ0n) is 8.51. The van der Waals surface area contributed by atoms with E-state index >= 15 is 0 Å². The molecule has 0 aliphatic carbocycles. The summed E-state index contributed by atoms with van der Waals surface area (Å²) in [5.41, 5.74) is 1.32. The van der Waals surface area contributed by atoms with Crippen molar-refractivity contribution in [3.63, 3.8) is 0 Å². The molecule has 0 fully saturated rings. The second-order valence-corrected chi connectivity index (χ2v) is 4.16. The maximum Gasteiger partial charge on any atom is 0.471 e. The largest absolute Gasteiger partial charge is 0.471 e.